The number of ether oxygens (including phenoxy) is 2. The zero-order valence-corrected chi connectivity index (χ0v) is 14.1. The SMILES string of the molecule is CCCCCCc1ccc(N/C(=C/C(=O)OC)C(=O)OC)cc1. The zero-order valence-electron chi connectivity index (χ0n) is 14.1. The predicted octanol–water partition coefficient (Wildman–Crippen LogP) is 3.45. The van der Waals surface area contributed by atoms with Gasteiger partial charge in [-0.1, -0.05) is 38.3 Å². The van der Waals surface area contributed by atoms with Crippen molar-refractivity contribution in [3.05, 3.63) is 41.6 Å². The molecule has 1 aromatic carbocycles. The molecule has 0 fully saturated rings. The third-order valence-electron chi connectivity index (χ3n) is 3.42. The highest BCUT2D eigenvalue weighted by molar-refractivity contribution is 5.98. The number of nitrogens with one attached hydrogen (secondary N) is 1. The minimum Gasteiger partial charge on any atom is -0.466 e. The van der Waals surface area contributed by atoms with E-state index >= 15 is 0 Å². The number of rotatable bonds is 9. The van der Waals surface area contributed by atoms with Crippen molar-refractivity contribution < 1.29 is 19.1 Å². The Labute approximate surface area is 137 Å². The summed E-state index contributed by atoms with van der Waals surface area (Å²) in [5.41, 5.74) is 2.00. The van der Waals surface area contributed by atoms with E-state index in [1.165, 1.54) is 45.5 Å². The number of unbranched alkanes of at least 4 members (excludes halogenated alkanes) is 3. The minimum atomic E-state index is -0.626. The van der Waals surface area contributed by atoms with Gasteiger partial charge in [-0.2, -0.15) is 0 Å². The van der Waals surface area contributed by atoms with Crippen molar-refractivity contribution >= 4 is 17.6 Å². The van der Waals surface area contributed by atoms with Crippen LogP contribution in [0.3, 0.4) is 0 Å². The zero-order chi connectivity index (χ0) is 17.1. The van der Waals surface area contributed by atoms with Gasteiger partial charge in [-0.05, 0) is 30.5 Å². The maximum Gasteiger partial charge on any atom is 0.354 e. The Morgan fingerprint density at radius 1 is 1.04 bits per heavy atom. The first kappa shape index (κ1) is 18.7. The topological polar surface area (TPSA) is 64.6 Å². The fourth-order valence-electron chi connectivity index (χ4n) is 2.10. The molecule has 1 N–H and O–H groups in total. The molecule has 0 unspecified atom stereocenters. The third kappa shape index (κ3) is 7.00. The van der Waals surface area contributed by atoms with E-state index in [-0.39, 0.29) is 5.70 Å². The largest absolute Gasteiger partial charge is 0.466 e. The first-order valence-electron chi connectivity index (χ1n) is 7.84. The smallest absolute Gasteiger partial charge is 0.354 e. The van der Waals surface area contributed by atoms with E-state index in [0.717, 1.165) is 12.5 Å². The van der Waals surface area contributed by atoms with Gasteiger partial charge in [-0.3, -0.25) is 0 Å². The summed E-state index contributed by atoms with van der Waals surface area (Å²) in [6, 6.07) is 7.79. The summed E-state index contributed by atoms with van der Waals surface area (Å²) >= 11 is 0. The molecule has 0 spiro atoms. The van der Waals surface area contributed by atoms with Gasteiger partial charge in [-0.25, -0.2) is 9.59 Å². The van der Waals surface area contributed by atoms with Crippen LogP contribution >= 0.6 is 0 Å². The van der Waals surface area contributed by atoms with Crippen molar-refractivity contribution in [3.63, 3.8) is 0 Å². The van der Waals surface area contributed by atoms with Gasteiger partial charge in [-0.15, -0.1) is 0 Å². The fourth-order valence-corrected chi connectivity index (χ4v) is 2.10. The lowest BCUT2D eigenvalue weighted by Crippen LogP contribution is -2.15. The van der Waals surface area contributed by atoms with E-state index < -0.39 is 11.9 Å². The number of carbonyl (C=O) groups excluding carboxylic acids is 2. The molecule has 5 nitrogen and oxygen atoms in total. The molecule has 0 radical (unpaired) electrons. The van der Waals surface area contributed by atoms with Gasteiger partial charge in [0.05, 0.1) is 20.3 Å². The van der Waals surface area contributed by atoms with E-state index in [9.17, 15) is 9.59 Å². The lowest BCUT2D eigenvalue weighted by molar-refractivity contribution is -0.138. The molecule has 0 heterocycles. The molecule has 1 rings (SSSR count). The quantitative estimate of drug-likeness (QED) is 0.429. The average molecular weight is 319 g/mol. The minimum absolute atomic E-state index is 0.0371. The summed E-state index contributed by atoms with van der Waals surface area (Å²) in [7, 11) is 2.51. The number of aryl methyl sites for hydroxylation is 1. The third-order valence-corrected chi connectivity index (χ3v) is 3.42. The van der Waals surface area contributed by atoms with Gasteiger partial charge >= 0.3 is 11.9 Å². The molecule has 126 valence electrons. The molecular weight excluding hydrogens is 294 g/mol. The van der Waals surface area contributed by atoms with Crippen LogP contribution in [0.15, 0.2) is 36.0 Å². The first-order valence-corrected chi connectivity index (χ1v) is 7.84. The van der Waals surface area contributed by atoms with Crippen molar-refractivity contribution in [3.8, 4) is 0 Å². The molecule has 0 saturated carbocycles. The molecular formula is C18H25NO4. The Bertz CT molecular complexity index is 534. The van der Waals surface area contributed by atoms with Crippen molar-refractivity contribution in [2.45, 2.75) is 39.0 Å². The van der Waals surface area contributed by atoms with Gasteiger partial charge in [0.2, 0.25) is 0 Å². The lowest BCUT2D eigenvalue weighted by atomic mass is 10.1. The molecule has 1 aromatic rings. The molecule has 0 aliphatic heterocycles. The number of benzene rings is 1. The van der Waals surface area contributed by atoms with Crippen LogP contribution in [0.4, 0.5) is 5.69 Å². The second kappa shape index (κ2) is 10.4. The molecule has 0 bridgehead atoms. The van der Waals surface area contributed by atoms with Gasteiger partial charge in [0, 0.05) is 5.69 Å². The number of esters is 2. The number of methoxy groups -OCH3 is 2. The van der Waals surface area contributed by atoms with Crippen molar-refractivity contribution in [1.82, 2.24) is 0 Å². The molecule has 0 aromatic heterocycles. The second-order valence-corrected chi connectivity index (χ2v) is 5.21. The first-order chi connectivity index (χ1) is 11.1. The Morgan fingerprint density at radius 2 is 1.74 bits per heavy atom. The Kier molecular flexibility index (Phi) is 8.50. The van der Waals surface area contributed by atoms with E-state index in [2.05, 4.69) is 21.7 Å². The van der Waals surface area contributed by atoms with E-state index in [1.807, 2.05) is 24.3 Å². The molecule has 0 atom stereocenters. The van der Waals surface area contributed by atoms with Crippen LogP contribution in [0.2, 0.25) is 0 Å². The highest BCUT2D eigenvalue weighted by Crippen LogP contribution is 2.15. The van der Waals surface area contributed by atoms with E-state index in [0.29, 0.717) is 5.69 Å². The Hall–Kier alpha value is -2.30. The average Bonchev–Trinajstić information content (AvgIpc) is 2.58. The molecule has 0 aliphatic rings. The van der Waals surface area contributed by atoms with Crippen LogP contribution in [-0.4, -0.2) is 26.2 Å². The van der Waals surface area contributed by atoms with Crippen LogP contribution in [-0.2, 0) is 25.5 Å². The molecule has 0 saturated heterocycles. The maximum atomic E-state index is 11.7. The number of carbonyl (C=O) groups is 2. The summed E-state index contributed by atoms with van der Waals surface area (Å²) in [4.78, 5) is 23.0. The van der Waals surface area contributed by atoms with E-state index in [4.69, 9.17) is 0 Å². The number of hydrogen-bond donors (Lipinski definition) is 1. The van der Waals surface area contributed by atoms with Crippen LogP contribution in [0.1, 0.15) is 38.2 Å². The number of hydrogen-bond acceptors (Lipinski definition) is 5. The van der Waals surface area contributed by atoms with Gasteiger partial charge in [0.15, 0.2) is 0 Å². The maximum absolute atomic E-state index is 11.7. The molecule has 0 aliphatic carbocycles. The monoisotopic (exact) mass is 319 g/mol. The van der Waals surface area contributed by atoms with Crippen LogP contribution < -0.4 is 5.32 Å². The van der Waals surface area contributed by atoms with Crippen LogP contribution in [0.5, 0.6) is 0 Å². The van der Waals surface area contributed by atoms with Crippen LogP contribution in [0.25, 0.3) is 0 Å². The van der Waals surface area contributed by atoms with Crippen molar-refractivity contribution in [2.24, 2.45) is 0 Å². The highest BCUT2D eigenvalue weighted by Gasteiger charge is 2.12. The fraction of sp³-hybridized carbons (Fsp3) is 0.444. The van der Waals surface area contributed by atoms with Crippen molar-refractivity contribution in [1.29, 1.82) is 0 Å². The summed E-state index contributed by atoms with van der Waals surface area (Å²) in [6.07, 6.45) is 7.03. The highest BCUT2D eigenvalue weighted by atomic mass is 16.5. The summed E-state index contributed by atoms with van der Waals surface area (Å²) in [5, 5.41) is 2.88. The Balaban J connectivity index is 2.68. The van der Waals surface area contributed by atoms with Gasteiger partial charge in [0.25, 0.3) is 0 Å². The molecule has 0 amide bonds. The number of anilines is 1. The van der Waals surface area contributed by atoms with Crippen molar-refractivity contribution in [2.75, 3.05) is 19.5 Å². The second-order valence-electron chi connectivity index (χ2n) is 5.21. The normalized spacial score (nSPS) is 11.0. The Morgan fingerprint density at radius 3 is 2.30 bits per heavy atom. The summed E-state index contributed by atoms with van der Waals surface area (Å²) < 4.78 is 9.19. The molecule has 5 heteroatoms. The lowest BCUT2D eigenvalue weighted by Gasteiger charge is -2.10. The van der Waals surface area contributed by atoms with Gasteiger partial charge < -0.3 is 14.8 Å². The summed E-state index contributed by atoms with van der Waals surface area (Å²) in [5.74, 6) is -1.25. The molecule has 23 heavy (non-hydrogen) atoms. The van der Waals surface area contributed by atoms with Crippen LogP contribution in [0, 0.1) is 0 Å². The predicted molar refractivity (Wildman–Crippen MR) is 90.0 cm³/mol. The standard InChI is InChI=1S/C18H25NO4/c1-4-5-6-7-8-14-9-11-15(12-10-14)19-16(18(21)23-3)13-17(20)22-2/h9-13,19H,4-8H2,1-3H3/b16-13+. The summed E-state index contributed by atoms with van der Waals surface area (Å²) in [6.45, 7) is 2.20. The van der Waals surface area contributed by atoms with Gasteiger partial charge in [0.1, 0.15) is 5.70 Å². The van der Waals surface area contributed by atoms with E-state index in [1.54, 1.807) is 0 Å².